The molecule has 0 aliphatic heterocycles. The lowest BCUT2D eigenvalue weighted by Crippen LogP contribution is -2.38. The van der Waals surface area contributed by atoms with Crippen molar-refractivity contribution in [3.05, 3.63) is 0 Å². The highest BCUT2D eigenvalue weighted by Crippen LogP contribution is 2.20. The lowest BCUT2D eigenvalue weighted by Gasteiger charge is -2.27. The first kappa shape index (κ1) is 15.7. The molecular formula is C11H23F3N2. The summed E-state index contributed by atoms with van der Waals surface area (Å²) in [6.45, 7) is 7.00. The van der Waals surface area contributed by atoms with E-state index in [2.05, 4.69) is 12.2 Å². The highest BCUT2D eigenvalue weighted by molar-refractivity contribution is 4.71. The number of nitrogens with zero attached hydrogens (tertiary/aromatic N) is 1. The van der Waals surface area contributed by atoms with Crippen molar-refractivity contribution < 1.29 is 13.2 Å². The van der Waals surface area contributed by atoms with Crippen LogP contribution in [-0.2, 0) is 0 Å². The van der Waals surface area contributed by atoms with Crippen molar-refractivity contribution >= 4 is 0 Å². The third-order valence-corrected chi connectivity index (χ3v) is 2.75. The minimum Gasteiger partial charge on any atom is -0.314 e. The molecule has 0 saturated heterocycles. The molecule has 16 heavy (non-hydrogen) atoms. The summed E-state index contributed by atoms with van der Waals surface area (Å²) in [5.74, 6) is 0. The van der Waals surface area contributed by atoms with Gasteiger partial charge in [0.05, 0.1) is 6.42 Å². The maximum absolute atomic E-state index is 12.0. The zero-order valence-electron chi connectivity index (χ0n) is 10.6. The van der Waals surface area contributed by atoms with Gasteiger partial charge in [-0.1, -0.05) is 6.92 Å². The molecule has 1 N–H and O–H groups in total. The molecule has 0 bridgehead atoms. The number of halogens is 3. The van der Waals surface area contributed by atoms with Crippen molar-refractivity contribution in [1.82, 2.24) is 10.2 Å². The Hall–Kier alpha value is -0.290. The van der Waals surface area contributed by atoms with Crippen LogP contribution in [0, 0.1) is 0 Å². The van der Waals surface area contributed by atoms with Crippen LogP contribution in [0.4, 0.5) is 13.2 Å². The van der Waals surface area contributed by atoms with E-state index in [1.807, 2.05) is 13.8 Å². The third-order valence-electron chi connectivity index (χ3n) is 2.75. The molecule has 2 nitrogen and oxygen atoms in total. The minimum absolute atomic E-state index is 0.0729. The van der Waals surface area contributed by atoms with E-state index in [1.54, 1.807) is 11.9 Å². The van der Waals surface area contributed by atoms with Gasteiger partial charge in [-0.2, -0.15) is 13.2 Å². The smallest absolute Gasteiger partial charge is 0.314 e. The van der Waals surface area contributed by atoms with Gasteiger partial charge in [0.25, 0.3) is 0 Å². The second-order valence-electron chi connectivity index (χ2n) is 4.39. The van der Waals surface area contributed by atoms with Crippen LogP contribution in [-0.4, -0.2) is 43.3 Å². The van der Waals surface area contributed by atoms with E-state index in [9.17, 15) is 13.2 Å². The first-order valence-corrected chi connectivity index (χ1v) is 5.76. The molecule has 0 aromatic heterocycles. The van der Waals surface area contributed by atoms with Crippen LogP contribution in [0.15, 0.2) is 0 Å². The molecule has 0 amide bonds. The molecule has 0 aromatic carbocycles. The average molecular weight is 240 g/mol. The maximum atomic E-state index is 12.0. The van der Waals surface area contributed by atoms with E-state index in [4.69, 9.17) is 0 Å². The molecule has 0 aliphatic carbocycles. The average Bonchev–Trinajstić information content (AvgIpc) is 2.13. The number of alkyl halides is 3. The van der Waals surface area contributed by atoms with E-state index in [-0.39, 0.29) is 12.6 Å². The summed E-state index contributed by atoms with van der Waals surface area (Å²) in [4.78, 5) is 1.77. The zero-order valence-corrected chi connectivity index (χ0v) is 10.6. The van der Waals surface area contributed by atoms with Gasteiger partial charge in [0.15, 0.2) is 0 Å². The Morgan fingerprint density at radius 3 is 2.25 bits per heavy atom. The molecule has 0 heterocycles. The van der Waals surface area contributed by atoms with Crippen LogP contribution in [0.5, 0.6) is 0 Å². The Morgan fingerprint density at radius 2 is 1.81 bits per heavy atom. The number of hydrogen-bond acceptors (Lipinski definition) is 2. The van der Waals surface area contributed by atoms with Gasteiger partial charge in [0.2, 0.25) is 0 Å². The quantitative estimate of drug-likeness (QED) is 0.736. The molecule has 5 heteroatoms. The molecule has 0 rings (SSSR count). The van der Waals surface area contributed by atoms with Gasteiger partial charge in [-0.25, -0.2) is 0 Å². The van der Waals surface area contributed by atoms with Gasteiger partial charge in [-0.05, 0) is 33.9 Å². The first-order chi connectivity index (χ1) is 7.26. The Balaban J connectivity index is 3.85. The van der Waals surface area contributed by atoms with Gasteiger partial charge in [0.1, 0.15) is 0 Å². The van der Waals surface area contributed by atoms with Crippen molar-refractivity contribution in [1.29, 1.82) is 0 Å². The molecular weight excluding hydrogens is 217 g/mol. The van der Waals surface area contributed by atoms with Crippen LogP contribution in [0.1, 0.15) is 33.6 Å². The number of rotatable bonds is 7. The monoisotopic (exact) mass is 240 g/mol. The van der Waals surface area contributed by atoms with Crippen molar-refractivity contribution in [3.63, 3.8) is 0 Å². The fourth-order valence-electron chi connectivity index (χ4n) is 1.65. The first-order valence-electron chi connectivity index (χ1n) is 5.76. The van der Waals surface area contributed by atoms with Gasteiger partial charge < -0.3 is 10.2 Å². The lowest BCUT2D eigenvalue weighted by atomic mass is 10.1. The Kier molecular flexibility index (Phi) is 6.99. The standard InChI is InChI=1S/C11H23F3N2/c1-5-15-9(2)8-10(3)16(4)7-6-11(12,13)14/h9-10,15H,5-8H2,1-4H3. The Bertz CT molecular complexity index is 183. The normalized spacial score (nSPS) is 16.5. The predicted octanol–water partition coefficient (Wildman–Crippen LogP) is 2.65. The van der Waals surface area contributed by atoms with Crippen LogP contribution in [0.3, 0.4) is 0 Å². The lowest BCUT2D eigenvalue weighted by molar-refractivity contribution is -0.138. The van der Waals surface area contributed by atoms with E-state index < -0.39 is 12.6 Å². The van der Waals surface area contributed by atoms with Crippen molar-refractivity contribution in [2.75, 3.05) is 20.1 Å². The summed E-state index contributed by atoms with van der Waals surface area (Å²) in [5.41, 5.74) is 0. The van der Waals surface area contributed by atoms with E-state index in [0.29, 0.717) is 6.04 Å². The van der Waals surface area contributed by atoms with Gasteiger partial charge >= 0.3 is 6.18 Å². The predicted molar refractivity (Wildman–Crippen MR) is 60.5 cm³/mol. The summed E-state index contributed by atoms with van der Waals surface area (Å²) in [6, 6.07) is 0.504. The number of hydrogen-bond donors (Lipinski definition) is 1. The second kappa shape index (κ2) is 7.12. The molecule has 0 fully saturated rings. The topological polar surface area (TPSA) is 15.3 Å². The van der Waals surface area contributed by atoms with Crippen molar-refractivity contribution in [3.8, 4) is 0 Å². The third kappa shape index (κ3) is 7.93. The van der Waals surface area contributed by atoms with Crippen LogP contribution in [0.25, 0.3) is 0 Å². The summed E-state index contributed by atoms with van der Waals surface area (Å²) in [5, 5.41) is 3.25. The molecule has 0 aromatic rings. The fraction of sp³-hybridized carbons (Fsp3) is 1.00. The van der Waals surface area contributed by atoms with Crippen molar-refractivity contribution in [2.24, 2.45) is 0 Å². The molecule has 0 saturated carbocycles. The molecule has 0 spiro atoms. The zero-order chi connectivity index (χ0) is 12.8. The molecule has 2 unspecified atom stereocenters. The summed E-state index contributed by atoms with van der Waals surface area (Å²) in [6.07, 6.45) is -3.92. The second-order valence-corrected chi connectivity index (χ2v) is 4.39. The SMILES string of the molecule is CCNC(C)CC(C)N(C)CCC(F)(F)F. The largest absolute Gasteiger partial charge is 0.390 e. The molecule has 2 atom stereocenters. The fourth-order valence-corrected chi connectivity index (χ4v) is 1.65. The maximum Gasteiger partial charge on any atom is 0.390 e. The van der Waals surface area contributed by atoms with Crippen LogP contribution >= 0.6 is 0 Å². The Labute approximate surface area is 96.2 Å². The highest BCUT2D eigenvalue weighted by atomic mass is 19.4. The highest BCUT2D eigenvalue weighted by Gasteiger charge is 2.28. The van der Waals surface area contributed by atoms with Crippen LogP contribution < -0.4 is 5.32 Å². The van der Waals surface area contributed by atoms with E-state index >= 15 is 0 Å². The minimum atomic E-state index is -4.05. The summed E-state index contributed by atoms with van der Waals surface area (Å²) >= 11 is 0. The molecule has 0 aliphatic rings. The number of nitrogens with one attached hydrogen (secondary N) is 1. The van der Waals surface area contributed by atoms with Gasteiger partial charge in [0, 0.05) is 18.6 Å². The van der Waals surface area contributed by atoms with Gasteiger partial charge in [-0.15, -0.1) is 0 Å². The van der Waals surface area contributed by atoms with Gasteiger partial charge in [-0.3, -0.25) is 0 Å². The summed E-state index contributed by atoms with van der Waals surface area (Å²) in [7, 11) is 1.75. The molecule has 0 radical (unpaired) electrons. The Morgan fingerprint density at radius 1 is 1.25 bits per heavy atom. The van der Waals surface area contributed by atoms with E-state index in [1.165, 1.54) is 0 Å². The van der Waals surface area contributed by atoms with E-state index in [0.717, 1.165) is 13.0 Å². The summed E-state index contributed by atoms with van der Waals surface area (Å²) < 4.78 is 36.1. The molecule has 98 valence electrons. The van der Waals surface area contributed by atoms with Crippen LogP contribution in [0.2, 0.25) is 0 Å². The van der Waals surface area contributed by atoms with Crippen molar-refractivity contribution in [2.45, 2.75) is 51.9 Å².